The van der Waals surface area contributed by atoms with E-state index in [2.05, 4.69) is 5.32 Å². The Balaban J connectivity index is 2.06. The van der Waals surface area contributed by atoms with Crippen LogP contribution in [0.2, 0.25) is 0 Å². The van der Waals surface area contributed by atoms with Crippen LogP contribution >= 0.6 is 0 Å². The minimum Gasteiger partial charge on any atom is -0.345 e. The van der Waals surface area contributed by atoms with Gasteiger partial charge in [0.1, 0.15) is 0 Å². The maximum atomic E-state index is 12.1. The van der Waals surface area contributed by atoms with Gasteiger partial charge in [-0.3, -0.25) is 9.59 Å². The molecule has 3 heteroatoms. The van der Waals surface area contributed by atoms with E-state index < -0.39 is 11.7 Å². The van der Waals surface area contributed by atoms with Gasteiger partial charge in [-0.05, 0) is 31.0 Å². The number of benzene rings is 2. The van der Waals surface area contributed by atoms with Gasteiger partial charge in [-0.25, -0.2) is 0 Å². The molecule has 1 N–H and O–H groups in total. The zero-order valence-corrected chi connectivity index (χ0v) is 11.6. The molecule has 0 aliphatic rings. The highest BCUT2D eigenvalue weighted by atomic mass is 16.2. The SMILES string of the molecule is Cc1ccc(C)c(C(=O)C(=O)NCc2ccccc2)c1. The predicted molar refractivity (Wildman–Crippen MR) is 78.5 cm³/mol. The zero-order valence-electron chi connectivity index (χ0n) is 11.6. The number of carbonyl (C=O) groups is 2. The first-order chi connectivity index (χ1) is 9.58. The van der Waals surface area contributed by atoms with Crippen LogP contribution in [-0.2, 0) is 11.3 Å². The van der Waals surface area contributed by atoms with Crippen LogP contribution in [0.5, 0.6) is 0 Å². The molecule has 0 saturated heterocycles. The summed E-state index contributed by atoms with van der Waals surface area (Å²) in [5.41, 5.74) is 3.22. The molecule has 0 atom stereocenters. The summed E-state index contributed by atoms with van der Waals surface area (Å²) in [6.07, 6.45) is 0. The van der Waals surface area contributed by atoms with Crippen molar-refractivity contribution in [3.8, 4) is 0 Å². The van der Waals surface area contributed by atoms with Crippen molar-refractivity contribution in [3.05, 3.63) is 70.8 Å². The van der Waals surface area contributed by atoms with Crippen LogP contribution in [-0.4, -0.2) is 11.7 Å². The van der Waals surface area contributed by atoms with Crippen molar-refractivity contribution in [1.29, 1.82) is 0 Å². The Morgan fingerprint density at radius 1 is 1.00 bits per heavy atom. The minimum absolute atomic E-state index is 0.357. The molecule has 0 aliphatic heterocycles. The maximum absolute atomic E-state index is 12.1. The Bertz CT molecular complexity index is 633. The molecule has 0 bridgehead atoms. The van der Waals surface area contributed by atoms with Crippen molar-refractivity contribution >= 4 is 11.7 Å². The van der Waals surface area contributed by atoms with Gasteiger partial charge < -0.3 is 5.32 Å². The van der Waals surface area contributed by atoms with E-state index in [0.717, 1.165) is 16.7 Å². The van der Waals surface area contributed by atoms with Crippen molar-refractivity contribution in [2.45, 2.75) is 20.4 Å². The van der Waals surface area contributed by atoms with Crippen LogP contribution in [0.3, 0.4) is 0 Å². The quantitative estimate of drug-likeness (QED) is 0.684. The molecule has 2 aromatic rings. The lowest BCUT2D eigenvalue weighted by molar-refractivity contribution is -0.117. The Hall–Kier alpha value is -2.42. The Morgan fingerprint density at radius 2 is 1.70 bits per heavy atom. The summed E-state index contributed by atoms with van der Waals surface area (Å²) < 4.78 is 0. The topological polar surface area (TPSA) is 46.2 Å². The van der Waals surface area contributed by atoms with E-state index in [1.54, 1.807) is 6.07 Å². The van der Waals surface area contributed by atoms with Gasteiger partial charge in [-0.1, -0.05) is 48.0 Å². The monoisotopic (exact) mass is 267 g/mol. The molecule has 0 aliphatic carbocycles. The molecule has 0 aromatic heterocycles. The molecule has 102 valence electrons. The van der Waals surface area contributed by atoms with Gasteiger partial charge in [0.15, 0.2) is 0 Å². The van der Waals surface area contributed by atoms with E-state index in [9.17, 15) is 9.59 Å². The van der Waals surface area contributed by atoms with E-state index in [-0.39, 0.29) is 0 Å². The number of Topliss-reactive ketones (excluding diaryl/α,β-unsaturated/α-hetero) is 1. The van der Waals surface area contributed by atoms with E-state index >= 15 is 0 Å². The minimum atomic E-state index is -0.567. The summed E-state index contributed by atoms with van der Waals surface area (Å²) in [4.78, 5) is 24.0. The molecule has 0 radical (unpaired) electrons. The van der Waals surface area contributed by atoms with E-state index in [1.165, 1.54) is 0 Å². The molecular weight excluding hydrogens is 250 g/mol. The third-order valence-electron chi connectivity index (χ3n) is 3.14. The highest BCUT2D eigenvalue weighted by Gasteiger charge is 2.17. The Kier molecular flexibility index (Phi) is 4.31. The molecular formula is C17H17NO2. The fourth-order valence-electron chi connectivity index (χ4n) is 1.96. The lowest BCUT2D eigenvalue weighted by Gasteiger charge is -2.07. The fourth-order valence-corrected chi connectivity index (χ4v) is 1.96. The fraction of sp³-hybridized carbons (Fsp3) is 0.176. The third kappa shape index (κ3) is 3.32. The van der Waals surface area contributed by atoms with Crippen molar-refractivity contribution < 1.29 is 9.59 Å². The van der Waals surface area contributed by atoms with Gasteiger partial charge in [0.2, 0.25) is 5.78 Å². The van der Waals surface area contributed by atoms with Crippen LogP contribution in [0.4, 0.5) is 0 Å². The molecule has 0 unspecified atom stereocenters. The lowest BCUT2D eigenvalue weighted by Crippen LogP contribution is -2.31. The highest BCUT2D eigenvalue weighted by molar-refractivity contribution is 6.43. The largest absolute Gasteiger partial charge is 0.345 e. The summed E-state index contributed by atoms with van der Waals surface area (Å²) in [7, 11) is 0. The van der Waals surface area contributed by atoms with Crippen molar-refractivity contribution in [1.82, 2.24) is 5.32 Å². The van der Waals surface area contributed by atoms with E-state index in [0.29, 0.717) is 12.1 Å². The Morgan fingerprint density at radius 3 is 2.40 bits per heavy atom. The van der Waals surface area contributed by atoms with Crippen LogP contribution in [0.1, 0.15) is 27.0 Å². The van der Waals surface area contributed by atoms with Gasteiger partial charge in [-0.2, -0.15) is 0 Å². The van der Waals surface area contributed by atoms with Gasteiger partial charge >= 0.3 is 0 Å². The predicted octanol–water partition coefficient (Wildman–Crippen LogP) is 2.80. The molecule has 1 amide bonds. The van der Waals surface area contributed by atoms with Crippen molar-refractivity contribution in [2.24, 2.45) is 0 Å². The molecule has 3 nitrogen and oxygen atoms in total. The van der Waals surface area contributed by atoms with Gasteiger partial charge in [0.05, 0.1) is 0 Å². The summed E-state index contributed by atoms with van der Waals surface area (Å²) in [6, 6.07) is 15.0. The van der Waals surface area contributed by atoms with Gasteiger partial charge in [0.25, 0.3) is 5.91 Å². The first-order valence-corrected chi connectivity index (χ1v) is 6.51. The van der Waals surface area contributed by atoms with Crippen LogP contribution < -0.4 is 5.32 Å². The number of amides is 1. The highest BCUT2D eigenvalue weighted by Crippen LogP contribution is 2.11. The molecule has 2 rings (SSSR count). The number of nitrogens with one attached hydrogen (secondary N) is 1. The van der Waals surface area contributed by atoms with E-state index in [4.69, 9.17) is 0 Å². The van der Waals surface area contributed by atoms with Gasteiger partial charge in [0, 0.05) is 12.1 Å². The number of rotatable bonds is 4. The summed E-state index contributed by atoms with van der Waals surface area (Å²) in [5.74, 6) is -1.05. The number of hydrogen-bond donors (Lipinski definition) is 1. The van der Waals surface area contributed by atoms with Gasteiger partial charge in [-0.15, -0.1) is 0 Å². The molecule has 2 aromatic carbocycles. The number of hydrogen-bond acceptors (Lipinski definition) is 2. The summed E-state index contributed by atoms with van der Waals surface area (Å²) >= 11 is 0. The van der Waals surface area contributed by atoms with Crippen LogP contribution in [0.15, 0.2) is 48.5 Å². The Labute approximate surface area is 118 Å². The number of carbonyl (C=O) groups excluding carboxylic acids is 2. The number of aryl methyl sites for hydroxylation is 2. The van der Waals surface area contributed by atoms with Crippen LogP contribution in [0.25, 0.3) is 0 Å². The summed E-state index contributed by atoms with van der Waals surface area (Å²) in [5, 5.41) is 2.66. The number of ketones is 1. The maximum Gasteiger partial charge on any atom is 0.292 e. The average Bonchev–Trinajstić information content (AvgIpc) is 2.47. The van der Waals surface area contributed by atoms with Crippen molar-refractivity contribution in [3.63, 3.8) is 0 Å². The lowest BCUT2D eigenvalue weighted by atomic mass is 10.0. The van der Waals surface area contributed by atoms with E-state index in [1.807, 2.05) is 56.3 Å². The molecule has 0 heterocycles. The second-order valence-corrected chi connectivity index (χ2v) is 4.82. The molecule has 0 fully saturated rings. The summed E-state index contributed by atoms with van der Waals surface area (Å²) in [6.45, 7) is 4.09. The first-order valence-electron chi connectivity index (χ1n) is 6.51. The second-order valence-electron chi connectivity index (χ2n) is 4.82. The third-order valence-corrected chi connectivity index (χ3v) is 3.14. The van der Waals surface area contributed by atoms with Crippen molar-refractivity contribution in [2.75, 3.05) is 0 Å². The first kappa shape index (κ1) is 14.0. The normalized spacial score (nSPS) is 10.1. The molecule has 0 spiro atoms. The molecule has 0 saturated carbocycles. The standard InChI is InChI=1S/C17H17NO2/c1-12-8-9-13(2)15(10-12)16(19)17(20)18-11-14-6-4-3-5-7-14/h3-10H,11H2,1-2H3,(H,18,20). The molecule has 20 heavy (non-hydrogen) atoms. The second kappa shape index (κ2) is 6.15. The average molecular weight is 267 g/mol. The smallest absolute Gasteiger partial charge is 0.292 e. The van der Waals surface area contributed by atoms with Crippen LogP contribution in [0, 0.1) is 13.8 Å². The zero-order chi connectivity index (χ0) is 14.5.